The molecule has 0 aromatic heterocycles. The van der Waals surface area contributed by atoms with Gasteiger partial charge in [0.1, 0.15) is 17.6 Å². The van der Waals surface area contributed by atoms with Crippen LogP contribution in [0.3, 0.4) is 0 Å². The van der Waals surface area contributed by atoms with Crippen LogP contribution in [-0.4, -0.2) is 19.3 Å². The zero-order valence-electron chi connectivity index (χ0n) is 11.4. The molecule has 2 aliphatic carbocycles. The van der Waals surface area contributed by atoms with Crippen LogP contribution in [0.4, 0.5) is 0 Å². The van der Waals surface area contributed by atoms with Crippen LogP contribution in [0.25, 0.3) is 0 Å². The molecule has 0 bridgehead atoms. The summed E-state index contributed by atoms with van der Waals surface area (Å²) in [6, 6.07) is 0. The van der Waals surface area contributed by atoms with Crippen LogP contribution in [0.1, 0.15) is 45.4 Å². The Kier molecular flexibility index (Phi) is 5.12. The molecule has 3 heteroatoms. The van der Waals surface area contributed by atoms with Crippen LogP contribution in [-0.2, 0) is 9.47 Å². The second-order valence-corrected chi connectivity index (χ2v) is 5.38. The quantitative estimate of drug-likeness (QED) is 0.789. The molecule has 0 aromatic carbocycles. The van der Waals surface area contributed by atoms with E-state index in [1.54, 1.807) is 0 Å². The SMILES string of the molecule is C[C@@H](CN)OC1=CC(OCC2CCCC2)=CCC1. The predicted octanol–water partition coefficient (Wildman–Crippen LogP) is 3.12. The first-order chi connectivity index (χ1) is 8.78. The lowest BCUT2D eigenvalue weighted by atomic mass is 10.1. The summed E-state index contributed by atoms with van der Waals surface area (Å²) in [6.45, 7) is 3.42. The summed E-state index contributed by atoms with van der Waals surface area (Å²) in [7, 11) is 0. The smallest absolute Gasteiger partial charge is 0.118 e. The van der Waals surface area contributed by atoms with Gasteiger partial charge in [-0.15, -0.1) is 0 Å². The summed E-state index contributed by atoms with van der Waals surface area (Å²) in [6.07, 6.45) is 11.6. The highest BCUT2D eigenvalue weighted by Gasteiger charge is 2.17. The zero-order valence-corrected chi connectivity index (χ0v) is 11.4. The largest absolute Gasteiger partial charge is 0.494 e. The number of hydrogen-bond acceptors (Lipinski definition) is 3. The fraction of sp³-hybridized carbons (Fsp3) is 0.733. The van der Waals surface area contributed by atoms with Gasteiger partial charge in [0.25, 0.3) is 0 Å². The van der Waals surface area contributed by atoms with E-state index in [4.69, 9.17) is 15.2 Å². The van der Waals surface area contributed by atoms with Gasteiger partial charge in [-0.1, -0.05) is 12.8 Å². The molecule has 1 saturated carbocycles. The maximum absolute atomic E-state index is 5.89. The molecular formula is C15H25NO2. The molecule has 0 saturated heterocycles. The van der Waals surface area contributed by atoms with Crippen LogP contribution in [0.5, 0.6) is 0 Å². The van der Waals surface area contributed by atoms with E-state index in [0.29, 0.717) is 6.54 Å². The number of rotatable bonds is 6. The molecule has 0 unspecified atom stereocenters. The van der Waals surface area contributed by atoms with Crippen LogP contribution in [0.15, 0.2) is 23.7 Å². The van der Waals surface area contributed by atoms with E-state index >= 15 is 0 Å². The minimum atomic E-state index is 0.0884. The van der Waals surface area contributed by atoms with Crippen molar-refractivity contribution < 1.29 is 9.47 Å². The molecular weight excluding hydrogens is 226 g/mol. The fourth-order valence-corrected chi connectivity index (χ4v) is 2.54. The van der Waals surface area contributed by atoms with Crippen molar-refractivity contribution in [2.24, 2.45) is 11.7 Å². The molecule has 0 aromatic rings. The first-order valence-electron chi connectivity index (χ1n) is 7.18. The Labute approximate surface area is 110 Å². The van der Waals surface area contributed by atoms with Crippen LogP contribution in [0, 0.1) is 5.92 Å². The van der Waals surface area contributed by atoms with Gasteiger partial charge in [-0.25, -0.2) is 0 Å². The molecule has 1 fully saturated rings. The van der Waals surface area contributed by atoms with Crippen molar-refractivity contribution >= 4 is 0 Å². The van der Waals surface area contributed by atoms with Crippen LogP contribution in [0.2, 0.25) is 0 Å². The Morgan fingerprint density at radius 1 is 1.39 bits per heavy atom. The Hall–Kier alpha value is -0.960. The summed E-state index contributed by atoms with van der Waals surface area (Å²) in [5, 5.41) is 0. The van der Waals surface area contributed by atoms with Gasteiger partial charge in [0, 0.05) is 19.0 Å². The average Bonchev–Trinajstić information content (AvgIpc) is 2.90. The molecule has 0 heterocycles. The number of hydrogen-bond donors (Lipinski definition) is 1. The highest BCUT2D eigenvalue weighted by molar-refractivity contribution is 5.20. The third kappa shape index (κ3) is 4.05. The van der Waals surface area contributed by atoms with Gasteiger partial charge in [0.2, 0.25) is 0 Å². The van der Waals surface area contributed by atoms with Crippen molar-refractivity contribution in [1.82, 2.24) is 0 Å². The third-order valence-corrected chi connectivity index (χ3v) is 3.68. The molecule has 102 valence electrons. The minimum absolute atomic E-state index is 0.0884. The number of nitrogens with two attached hydrogens (primary N) is 1. The van der Waals surface area contributed by atoms with E-state index < -0.39 is 0 Å². The van der Waals surface area contributed by atoms with Crippen molar-refractivity contribution in [2.45, 2.75) is 51.6 Å². The normalized spacial score (nSPS) is 22.3. The first kappa shape index (κ1) is 13.5. The maximum atomic E-state index is 5.89. The van der Waals surface area contributed by atoms with E-state index in [0.717, 1.165) is 36.9 Å². The van der Waals surface area contributed by atoms with Crippen LogP contribution < -0.4 is 5.73 Å². The summed E-state index contributed by atoms with van der Waals surface area (Å²) < 4.78 is 11.6. The van der Waals surface area contributed by atoms with Crippen molar-refractivity contribution in [3.05, 3.63) is 23.7 Å². The van der Waals surface area contributed by atoms with Gasteiger partial charge >= 0.3 is 0 Å². The van der Waals surface area contributed by atoms with Crippen molar-refractivity contribution in [1.29, 1.82) is 0 Å². The summed E-state index contributed by atoms with van der Waals surface area (Å²) in [5.74, 6) is 2.75. The lowest BCUT2D eigenvalue weighted by molar-refractivity contribution is 0.123. The maximum Gasteiger partial charge on any atom is 0.118 e. The average molecular weight is 251 g/mol. The highest BCUT2D eigenvalue weighted by atomic mass is 16.5. The molecule has 0 radical (unpaired) electrons. The van der Waals surface area contributed by atoms with Gasteiger partial charge < -0.3 is 15.2 Å². The monoisotopic (exact) mass is 251 g/mol. The molecule has 2 aliphatic rings. The lowest BCUT2D eigenvalue weighted by Crippen LogP contribution is -2.20. The standard InChI is InChI=1S/C15H25NO2/c1-12(10-16)18-15-8-4-7-14(9-15)17-11-13-5-2-3-6-13/h7,9,12-13H,2-6,8,10-11,16H2,1H3/t12-/m0/s1. The molecule has 2 N–H and O–H groups in total. The second kappa shape index (κ2) is 6.83. The Morgan fingerprint density at radius 2 is 2.17 bits per heavy atom. The molecule has 0 spiro atoms. The van der Waals surface area contributed by atoms with Crippen molar-refractivity contribution in [3.63, 3.8) is 0 Å². The van der Waals surface area contributed by atoms with Crippen molar-refractivity contribution in [2.75, 3.05) is 13.2 Å². The zero-order chi connectivity index (χ0) is 12.8. The van der Waals surface area contributed by atoms with Gasteiger partial charge in [-0.05, 0) is 38.2 Å². The molecule has 18 heavy (non-hydrogen) atoms. The van der Waals surface area contributed by atoms with E-state index in [9.17, 15) is 0 Å². The molecule has 2 rings (SSSR count). The molecule has 3 nitrogen and oxygen atoms in total. The minimum Gasteiger partial charge on any atom is -0.494 e. The molecule has 0 amide bonds. The lowest BCUT2D eigenvalue weighted by Gasteiger charge is -2.20. The Balaban J connectivity index is 1.79. The second-order valence-electron chi connectivity index (χ2n) is 5.38. The van der Waals surface area contributed by atoms with Gasteiger partial charge in [0.15, 0.2) is 0 Å². The predicted molar refractivity (Wildman–Crippen MR) is 72.9 cm³/mol. The summed E-state index contributed by atoms with van der Waals surface area (Å²) in [5.41, 5.74) is 5.57. The van der Waals surface area contributed by atoms with E-state index in [-0.39, 0.29) is 6.10 Å². The number of allylic oxidation sites excluding steroid dienone is 3. The topological polar surface area (TPSA) is 44.5 Å². The summed E-state index contributed by atoms with van der Waals surface area (Å²) >= 11 is 0. The van der Waals surface area contributed by atoms with E-state index in [1.807, 2.05) is 13.0 Å². The Bertz CT molecular complexity index is 316. The summed E-state index contributed by atoms with van der Waals surface area (Å²) in [4.78, 5) is 0. The van der Waals surface area contributed by atoms with Gasteiger partial charge in [0.05, 0.1) is 6.61 Å². The van der Waals surface area contributed by atoms with Crippen LogP contribution >= 0.6 is 0 Å². The highest BCUT2D eigenvalue weighted by Crippen LogP contribution is 2.27. The first-order valence-corrected chi connectivity index (χ1v) is 7.18. The van der Waals surface area contributed by atoms with Gasteiger partial charge in [-0.3, -0.25) is 0 Å². The third-order valence-electron chi connectivity index (χ3n) is 3.68. The van der Waals surface area contributed by atoms with E-state index in [2.05, 4.69) is 6.08 Å². The number of ether oxygens (including phenoxy) is 2. The van der Waals surface area contributed by atoms with Crippen molar-refractivity contribution in [3.8, 4) is 0 Å². The molecule has 1 atom stereocenters. The van der Waals surface area contributed by atoms with E-state index in [1.165, 1.54) is 25.7 Å². The fourth-order valence-electron chi connectivity index (χ4n) is 2.54. The Morgan fingerprint density at radius 3 is 2.89 bits per heavy atom. The molecule has 0 aliphatic heterocycles. The van der Waals surface area contributed by atoms with Gasteiger partial charge in [-0.2, -0.15) is 0 Å².